The molecule has 1 aliphatic heterocycles. The summed E-state index contributed by atoms with van der Waals surface area (Å²) >= 11 is 0. The number of benzene rings is 1. The summed E-state index contributed by atoms with van der Waals surface area (Å²) in [5.41, 5.74) is 7.47. The van der Waals surface area contributed by atoms with Crippen LogP contribution in [0, 0.1) is 22.0 Å². The number of non-ortho nitro benzene ring substituents is 1. The minimum atomic E-state index is -0.728. The molecule has 1 saturated heterocycles. The van der Waals surface area contributed by atoms with Gasteiger partial charge in [0.15, 0.2) is 0 Å². The Balaban J connectivity index is 1.73. The van der Waals surface area contributed by atoms with Crippen LogP contribution in [0.25, 0.3) is 0 Å². The van der Waals surface area contributed by atoms with Crippen LogP contribution in [0.2, 0.25) is 0 Å². The first-order valence-electron chi connectivity index (χ1n) is 7.04. The van der Waals surface area contributed by atoms with E-state index in [0.29, 0.717) is 18.8 Å². The highest BCUT2D eigenvalue weighted by Crippen LogP contribution is 2.40. The molecule has 3 N–H and O–H groups in total. The highest BCUT2D eigenvalue weighted by Gasteiger charge is 2.42. The van der Waals surface area contributed by atoms with Crippen LogP contribution in [0.3, 0.4) is 0 Å². The second-order valence-corrected chi connectivity index (χ2v) is 5.73. The largest absolute Gasteiger partial charge is 0.481 e. The van der Waals surface area contributed by atoms with Crippen LogP contribution in [0.1, 0.15) is 30.9 Å². The van der Waals surface area contributed by atoms with Crippen molar-refractivity contribution in [2.24, 2.45) is 11.8 Å². The van der Waals surface area contributed by atoms with Crippen molar-refractivity contribution in [1.82, 2.24) is 10.9 Å². The van der Waals surface area contributed by atoms with E-state index in [4.69, 9.17) is 5.11 Å². The van der Waals surface area contributed by atoms with Crippen LogP contribution in [0.15, 0.2) is 24.3 Å². The highest BCUT2D eigenvalue weighted by atomic mass is 16.6. The zero-order valence-corrected chi connectivity index (χ0v) is 11.4. The maximum atomic E-state index is 11.1. The minimum absolute atomic E-state index is 0.0746. The number of nitro groups is 1. The second kappa shape index (κ2) is 5.42. The van der Waals surface area contributed by atoms with E-state index in [1.54, 1.807) is 12.1 Å². The third-order valence-corrected chi connectivity index (χ3v) is 4.57. The van der Waals surface area contributed by atoms with Crippen molar-refractivity contribution in [3.63, 3.8) is 0 Å². The zero-order chi connectivity index (χ0) is 15.0. The Morgan fingerprint density at radius 2 is 1.95 bits per heavy atom. The number of rotatable bonds is 3. The maximum absolute atomic E-state index is 11.1. The Morgan fingerprint density at radius 3 is 2.57 bits per heavy atom. The van der Waals surface area contributed by atoms with Crippen molar-refractivity contribution in [1.29, 1.82) is 0 Å². The van der Waals surface area contributed by atoms with Gasteiger partial charge in [-0.2, -0.15) is 0 Å². The molecule has 1 saturated carbocycles. The zero-order valence-electron chi connectivity index (χ0n) is 11.4. The normalized spacial score (nSPS) is 31.6. The third kappa shape index (κ3) is 2.62. The predicted octanol–water partition coefficient (Wildman–Crippen LogP) is 1.61. The molecule has 4 atom stereocenters. The topological polar surface area (TPSA) is 104 Å². The number of nitrogens with zero attached hydrogens (tertiary/aromatic N) is 1. The summed E-state index contributed by atoms with van der Waals surface area (Å²) in [5, 5.41) is 19.8. The standard InChI is InChI=1S/C14H17N3O4/c18-14(19)9-3-6-11-12(7-9)15-16-13(11)8-1-4-10(5-2-8)17(20)21/h1-2,4-5,9,11-13,15-16H,3,6-7H2,(H,18,19). The summed E-state index contributed by atoms with van der Waals surface area (Å²) in [6, 6.07) is 6.76. The molecule has 1 aromatic carbocycles. The van der Waals surface area contributed by atoms with Gasteiger partial charge in [0.2, 0.25) is 0 Å². The lowest BCUT2D eigenvalue weighted by Gasteiger charge is -2.30. The van der Waals surface area contributed by atoms with Crippen LogP contribution in [-0.4, -0.2) is 22.0 Å². The van der Waals surface area contributed by atoms with Crippen LogP contribution in [0.5, 0.6) is 0 Å². The van der Waals surface area contributed by atoms with Crippen LogP contribution in [0.4, 0.5) is 5.69 Å². The van der Waals surface area contributed by atoms with Gasteiger partial charge in [0, 0.05) is 18.2 Å². The Bertz CT molecular complexity index is 560. The number of hydrogen-bond acceptors (Lipinski definition) is 5. The summed E-state index contributed by atoms with van der Waals surface area (Å²) in [5.74, 6) is -0.688. The van der Waals surface area contributed by atoms with Crippen LogP contribution in [-0.2, 0) is 4.79 Å². The molecular weight excluding hydrogens is 274 g/mol. The summed E-state index contributed by atoms with van der Waals surface area (Å²) < 4.78 is 0. The summed E-state index contributed by atoms with van der Waals surface area (Å²) in [4.78, 5) is 21.4. The first kappa shape index (κ1) is 14.0. The average Bonchev–Trinajstić information content (AvgIpc) is 2.90. The smallest absolute Gasteiger partial charge is 0.306 e. The molecule has 21 heavy (non-hydrogen) atoms. The lowest BCUT2D eigenvalue weighted by molar-refractivity contribution is -0.384. The highest BCUT2D eigenvalue weighted by molar-refractivity contribution is 5.70. The predicted molar refractivity (Wildman–Crippen MR) is 74.4 cm³/mol. The second-order valence-electron chi connectivity index (χ2n) is 5.73. The fourth-order valence-electron chi connectivity index (χ4n) is 3.42. The first-order valence-corrected chi connectivity index (χ1v) is 7.04. The maximum Gasteiger partial charge on any atom is 0.306 e. The van der Waals surface area contributed by atoms with Crippen molar-refractivity contribution in [3.05, 3.63) is 39.9 Å². The molecule has 1 aromatic rings. The van der Waals surface area contributed by atoms with Crippen molar-refractivity contribution in [3.8, 4) is 0 Å². The van der Waals surface area contributed by atoms with Gasteiger partial charge in [0.25, 0.3) is 5.69 Å². The molecule has 112 valence electrons. The van der Waals surface area contributed by atoms with Crippen molar-refractivity contribution < 1.29 is 14.8 Å². The Labute approximate surface area is 121 Å². The fourth-order valence-corrected chi connectivity index (χ4v) is 3.42. The van der Waals surface area contributed by atoms with Gasteiger partial charge in [-0.25, -0.2) is 5.43 Å². The number of hydrogen-bond donors (Lipinski definition) is 3. The van der Waals surface area contributed by atoms with Gasteiger partial charge < -0.3 is 5.11 Å². The molecule has 7 heteroatoms. The first-order chi connectivity index (χ1) is 10.1. The Hall–Kier alpha value is -1.99. The van der Waals surface area contributed by atoms with E-state index in [1.165, 1.54) is 12.1 Å². The molecule has 4 unspecified atom stereocenters. The van der Waals surface area contributed by atoms with Gasteiger partial charge >= 0.3 is 5.97 Å². The van der Waals surface area contributed by atoms with Crippen molar-refractivity contribution in [2.45, 2.75) is 31.3 Å². The van der Waals surface area contributed by atoms with Gasteiger partial charge in [-0.15, -0.1) is 0 Å². The van der Waals surface area contributed by atoms with E-state index in [1.807, 2.05) is 0 Å². The van der Waals surface area contributed by atoms with Gasteiger partial charge in [-0.1, -0.05) is 12.1 Å². The molecule has 2 fully saturated rings. The van der Waals surface area contributed by atoms with Gasteiger partial charge in [-0.3, -0.25) is 20.3 Å². The molecule has 0 spiro atoms. The molecule has 1 heterocycles. The number of nitro benzene ring substituents is 1. The Kier molecular flexibility index (Phi) is 3.60. The van der Waals surface area contributed by atoms with E-state index in [2.05, 4.69) is 10.9 Å². The molecule has 7 nitrogen and oxygen atoms in total. The summed E-state index contributed by atoms with van der Waals surface area (Å²) in [6.45, 7) is 0. The van der Waals surface area contributed by atoms with Crippen LogP contribution >= 0.6 is 0 Å². The summed E-state index contributed by atoms with van der Waals surface area (Å²) in [7, 11) is 0. The van der Waals surface area contributed by atoms with E-state index in [9.17, 15) is 14.9 Å². The van der Waals surface area contributed by atoms with E-state index >= 15 is 0 Å². The average molecular weight is 291 g/mol. The molecule has 0 bridgehead atoms. The molecule has 0 amide bonds. The van der Waals surface area contributed by atoms with Gasteiger partial charge in [-0.05, 0) is 30.7 Å². The number of carbonyl (C=O) groups is 1. The molecule has 3 rings (SSSR count). The number of carboxylic acids is 1. The number of nitrogens with one attached hydrogen (secondary N) is 2. The molecule has 0 aromatic heterocycles. The molecule has 1 aliphatic carbocycles. The van der Waals surface area contributed by atoms with E-state index < -0.39 is 10.9 Å². The molecule has 0 radical (unpaired) electrons. The SMILES string of the molecule is O=C(O)C1CCC2C(C1)NNC2c1ccc([N+](=O)[O-])cc1. The quantitative estimate of drug-likeness (QED) is 0.577. The third-order valence-electron chi connectivity index (χ3n) is 4.57. The van der Waals surface area contributed by atoms with E-state index in [0.717, 1.165) is 12.0 Å². The number of hydrazine groups is 1. The van der Waals surface area contributed by atoms with Gasteiger partial charge in [0.05, 0.1) is 16.9 Å². The molecular formula is C14H17N3O4. The molecule has 2 aliphatic rings. The monoisotopic (exact) mass is 291 g/mol. The lowest BCUT2D eigenvalue weighted by Crippen LogP contribution is -2.38. The number of aliphatic carboxylic acids is 1. The Morgan fingerprint density at radius 1 is 1.24 bits per heavy atom. The van der Waals surface area contributed by atoms with Gasteiger partial charge in [0.1, 0.15) is 0 Å². The fraction of sp³-hybridized carbons (Fsp3) is 0.500. The summed E-state index contributed by atoms with van der Waals surface area (Å²) in [6.07, 6.45) is 2.14. The van der Waals surface area contributed by atoms with Crippen LogP contribution < -0.4 is 10.9 Å². The minimum Gasteiger partial charge on any atom is -0.481 e. The van der Waals surface area contributed by atoms with Crippen molar-refractivity contribution in [2.75, 3.05) is 0 Å². The lowest BCUT2D eigenvalue weighted by atomic mass is 9.75. The number of fused-ring (bicyclic) bond motifs is 1. The van der Waals surface area contributed by atoms with Crippen molar-refractivity contribution >= 4 is 11.7 Å². The van der Waals surface area contributed by atoms with E-state index in [-0.39, 0.29) is 23.7 Å². The number of carboxylic acid groups (broad SMARTS) is 1.